The molecule has 120 valence electrons. The van der Waals surface area contributed by atoms with E-state index in [1.54, 1.807) is 24.3 Å². The van der Waals surface area contributed by atoms with Crippen molar-refractivity contribution in [3.8, 4) is 5.69 Å². The largest absolute Gasteiger partial charge is 0.477 e. The molecular formula is C15H16N4O4. The van der Waals surface area contributed by atoms with Gasteiger partial charge in [0.15, 0.2) is 0 Å². The molecule has 1 amide bonds. The number of carboxylic acids is 1. The minimum Gasteiger partial charge on any atom is -0.477 e. The summed E-state index contributed by atoms with van der Waals surface area (Å²) in [6, 6.07) is 0. The number of hydrogen-bond acceptors (Lipinski definition) is 4. The van der Waals surface area contributed by atoms with Gasteiger partial charge in [-0.15, -0.1) is 0 Å². The van der Waals surface area contributed by atoms with Crippen LogP contribution in [0.4, 0.5) is 0 Å². The number of amides is 1. The number of aromatic carboxylic acids is 1. The van der Waals surface area contributed by atoms with Crippen LogP contribution in [0.15, 0.2) is 23.4 Å². The van der Waals surface area contributed by atoms with Gasteiger partial charge in [-0.1, -0.05) is 0 Å². The Morgan fingerprint density at radius 1 is 1.30 bits per heavy atom. The minimum absolute atomic E-state index is 0.0772. The molecule has 1 N–H and O–H groups in total. The van der Waals surface area contributed by atoms with Gasteiger partial charge in [0.25, 0.3) is 5.56 Å². The van der Waals surface area contributed by atoms with Crippen LogP contribution in [0, 0.1) is 0 Å². The molecule has 0 saturated carbocycles. The van der Waals surface area contributed by atoms with E-state index < -0.39 is 11.5 Å². The number of fused-ring (bicyclic) bond motifs is 1. The van der Waals surface area contributed by atoms with Gasteiger partial charge in [0.1, 0.15) is 5.56 Å². The molecule has 2 aromatic heterocycles. The number of nitrogens with zero attached hydrogens (tertiary/aromatic N) is 4. The zero-order valence-corrected chi connectivity index (χ0v) is 12.8. The maximum absolute atomic E-state index is 12.6. The third kappa shape index (κ3) is 2.52. The molecule has 0 spiro atoms. The molecule has 8 heteroatoms. The number of rotatable bonds is 2. The van der Waals surface area contributed by atoms with Crippen molar-refractivity contribution < 1.29 is 14.7 Å². The third-order valence-corrected chi connectivity index (χ3v) is 4.03. The first-order valence-corrected chi connectivity index (χ1v) is 7.13. The van der Waals surface area contributed by atoms with Gasteiger partial charge in [-0.3, -0.25) is 18.8 Å². The standard InChI is InChI=1S/C15H16N4O4/c1-9(20)18-4-3-12-10(6-18)7-19(11-5-16-17(2)8-11)14(21)13(12)15(22)23/h5,7-8H,3-4,6H2,1-2H3,(H,22,23). The zero-order valence-electron chi connectivity index (χ0n) is 12.8. The molecule has 0 fully saturated rings. The number of aromatic nitrogens is 3. The summed E-state index contributed by atoms with van der Waals surface area (Å²) in [4.78, 5) is 37.4. The molecule has 0 radical (unpaired) electrons. The van der Waals surface area contributed by atoms with Crippen LogP contribution in [0.3, 0.4) is 0 Å². The van der Waals surface area contributed by atoms with E-state index in [1.165, 1.54) is 22.4 Å². The Hall–Kier alpha value is -2.90. The number of pyridine rings is 1. The van der Waals surface area contributed by atoms with Crippen LogP contribution in [0.25, 0.3) is 5.69 Å². The summed E-state index contributed by atoms with van der Waals surface area (Å²) in [6.45, 7) is 2.19. The Morgan fingerprint density at radius 3 is 2.61 bits per heavy atom. The van der Waals surface area contributed by atoms with E-state index in [0.717, 1.165) is 0 Å². The van der Waals surface area contributed by atoms with E-state index in [4.69, 9.17) is 0 Å². The fourth-order valence-corrected chi connectivity index (χ4v) is 2.87. The highest BCUT2D eigenvalue weighted by atomic mass is 16.4. The molecule has 0 bridgehead atoms. The van der Waals surface area contributed by atoms with Crippen molar-refractivity contribution in [3.05, 3.63) is 45.6 Å². The number of hydrogen-bond donors (Lipinski definition) is 1. The van der Waals surface area contributed by atoms with Crippen LogP contribution in [0.2, 0.25) is 0 Å². The normalized spacial score (nSPS) is 13.7. The lowest BCUT2D eigenvalue weighted by molar-refractivity contribution is -0.129. The summed E-state index contributed by atoms with van der Waals surface area (Å²) < 4.78 is 2.81. The Balaban J connectivity index is 2.22. The van der Waals surface area contributed by atoms with Crippen molar-refractivity contribution in [2.45, 2.75) is 19.9 Å². The lowest BCUT2D eigenvalue weighted by Crippen LogP contribution is -2.38. The highest BCUT2D eigenvalue weighted by molar-refractivity contribution is 5.89. The monoisotopic (exact) mass is 316 g/mol. The predicted octanol–water partition coefficient (Wildman–Crippen LogP) is 0.174. The zero-order chi connectivity index (χ0) is 16.7. The summed E-state index contributed by atoms with van der Waals surface area (Å²) in [5, 5.41) is 13.5. The average Bonchev–Trinajstić information content (AvgIpc) is 2.91. The highest BCUT2D eigenvalue weighted by Crippen LogP contribution is 2.22. The van der Waals surface area contributed by atoms with Crippen LogP contribution >= 0.6 is 0 Å². The SMILES string of the molecule is CC(=O)N1CCc2c(cn(-c3cnn(C)c3)c(=O)c2C(=O)O)C1. The number of carbonyl (C=O) groups excluding carboxylic acids is 1. The fraction of sp³-hybridized carbons (Fsp3) is 0.333. The van der Waals surface area contributed by atoms with Crippen molar-refractivity contribution in [3.63, 3.8) is 0 Å². The molecule has 3 heterocycles. The quantitative estimate of drug-likeness (QED) is 0.852. The molecule has 3 rings (SSSR count). The number of carboxylic acid groups (broad SMARTS) is 1. The topological polar surface area (TPSA) is 97.4 Å². The molecule has 0 saturated heterocycles. The smallest absolute Gasteiger partial charge is 0.341 e. The van der Waals surface area contributed by atoms with Gasteiger partial charge >= 0.3 is 5.97 Å². The third-order valence-electron chi connectivity index (χ3n) is 4.03. The second kappa shape index (κ2) is 5.38. The van der Waals surface area contributed by atoms with Gasteiger partial charge in [-0.25, -0.2) is 4.79 Å². The minimum atomic E-state index is -1.25. The first kappa shape index (κ1) is 15.0. The van der Waals surface area contributed by atoms with Crippen molar-refractivity contribution in [1.29, 1.82) is 0 Å². The second-order valence-corrected chi connectivity index (χ2v) is 5.55. The number of aryl methyl sites for hydroxylation is 1. The summed E-state index contributed by atoms with van der Waals surface area (Å²) in [5.41, 5.74) is 0.866. The van der Waals surface area contributed by atoms with E-state index in [9.17, 15) is 19.5 Å². The van der Waals surface area contributed by atoms with Crippen molar-refractivity contribution in [2.75, 3.05) is 6.54 Å². The van der Waals surface area contributed by atoms with Gasteiger partial charge < -0.3 is 10.0 Å². The van der Waals surface area contributed by atoms with Crippen LogP contribution in [-0.2, 0) is 24.8 Å². The molecule has 1 aliphatic rings. The molecule has 0 unspecified atom stereocenters. The Labute approximate surface area is 131 Å². The molecule has 8 nitrogen and oxygen atoms in total. The van der Waals surface area contributed by atoms with E-state index in [0.29, 0.717) is 36.3 Å². The van der Waals surface area contributed by atoms with E-state index in [2.05, 4.69) is 5.10 Å². The Morgan fingerprint density at radius 2 is 2.04 bits per heavy atom. The first-order valence-electron chi connectivity index (χ1n) is 7.13. The van der Waals surface area contributed by atoms with E-state index >= 15 is 0 Å². The summed E-state index contributed by atoms with van der Waals surface area (Å²) in [5.74, 6) is -1.33. The Bertz CT molecular complexity index is 865. The highest BCUT2D eigenvalue weighted by Gasteiger charge is 2.27. The van der Waals surface area contributed by atoms with Crippen LogP contribution in [0.5, 0.6) is 0 Å². The summed E-state index contributed by atoms with van der Waals surface area (Å²) in [7, 11) is 1.71. The summed E-state index contributed by atoms with van der Waals surface area (Å²) >= 11 is 0. The average molecular weight is 316 g/mol. The van der Waals surface area contributed by atoms with Gasteiger partial charge in [0.2, 0.25) is 5.91 Å². The predicted molar refractivity (Wildman–Crippen MR) is 80.6 cm³/mol. The maximum Gasteiger partial charge on any atom is 0.341 e. The molecule has 0 aromatic carbocycles. The van der Waals surface area contributed by atoms with Crippen LogP contribution in [0.1, 0.15) is 28.4 Å². The molecule has 23 heavy (non-hydrogen) atoms. The molecule has 2 aromatic rings. The van der Waals surface area contributed by atoms with E-state index in [-0.39, 0.29) is 11.5 Å². The van der Waals surface area contributed by atoms with E-state index in [1.807, 2.05) is 0 Å². The van der Waals surface area contributed by atoms with Crippen molar-refractivity contribution in [1.82, 2.24) is 19.2 Å². The van der Waals surface area contributed by atoms with Crippen LogP contribution in [-0.4, -0.2) is 42.8 Å². The van der Waals surface area contributed by atoms with Crippen molar-refractivity contribution >= 4 is 11.9 Å². The fourth-order valence-electron chi connectivity index (χ4n) is 2.87. The number of carbonyl (C=O) groups is 2. The molecule has 0 atom stereocenters. The lowest BCUT2D eigenvalue weighted by Gasteiger charge is -2.29. The molecule has 1 aliphatic heterocycles. The molecular weight excluding hydrogens is 300 g/mol. The first-order chi connectivity index (χ1) is 10.9. The van der Waals surface area contributed by atoms with Gasteiger partial charge in [-0.2, -0.15) is 5.10 Å². The van der Waals surface area contributed by atoms with Crippen molar-refractivity contribution in [2.24, 2.45) is 7.05 Å². The Kier molecular flexibility index (Phi) is 3.51. The van der Waals surface area contributed by atoms with Gasteiger partial charge in [0.05, 0.1) is 11.9 Å². The van der Waals surface area contributed by atoms with Gasteiger partial charge in [0, 0.05) is 39.5 Å². The van der Waals surface area contributed by atoms with Gasteiger partial charge in [-0.05, 0) is 17.5 Å². The lowest BCUT2D eigenvalue weighted by atomic mass is 9.96. The second-order valence-electron chi connectivity index (χ2n) is 5.55. The molecule has 0 aliphatic carbocycles. The summed E-state index contributed by atoms with van der Waals surface area (Å²) in [6.07, 6.45) is 5.09. The maximum atomic E-state index is 12.6. The van der Waals surface area contributed by atoms with Crippen LogP contribution < -0.4 is 5.56 Å².